The molecule has 108 valence electrons. The van der Waals surface area contributed by atoms with Gasteiger partial charge in [0.25, 0.3) is 0 Å². The van der Waals surface area contributed by atoms with Gasteiger partial charge in [-0.15, -0.1) is 0 Å². The number of halogens is 2. The maximum absolute atomic E-state index is 13.3. The second-order valence-electron chi connectivity index (χ2n) is 4.51. The first kappa shape index (κ1) is 13.9. The Morgan fingerprint density at radius 3 is 2.95 bits per heavy atom. The van der Waals surface area contributed by atoms with E-state index in [1.54, 1.807) is 30.2 Å². The van der Waals surface area contributed by atoms with Crippen LogP contribution >= 0.6 is 15.9 Å². The largest absolute Gasteiger partial charge is 0.337 e. The summed E-state index contributed by atoms with van der Waals surface area (Å²) in [5.41, 5.74) is 7.31. The number of hydrogen-bond donors (Lipinski definition) is 1. The summed E-state index contributed by atoms with van der Waals surface area (Å²) in [5.74, 6) is 0.140. The molecule has 0 aliphatic carbocycles. The molecule has 0 fully saturated rings. The fourth-order valence-electron chi connectivity index (χ4n) is 1.88. The minimum atomic E-state index is -0.577. The Bertz CT molecular complexity index is 784. The van der Waals surface area contributed by atoms with Gasteiger partial charge in [0, 0.05) is 28.8 Å². The van der Waals surface area contributed by atoms with E-state index in [4.69, 9.17) is 10.3 Å². The lowest BCUT2D eigenvalue weighted by atomic mass is 10.2. The van der Waals surface area contributed by atoms with Gasteiger partial charge in [-0.05, 0) is 18.2 Å². The highest BCUT2D eigenvalue weighted by Crippen LogP contribution is 2.28. The van der Waals surface area contributed by atoms with Gasteiger partial charge in [0.1, 0.15) is 11.9 Å². The van der Waals surface area contributed by atoms with Crippen molar-refractivity contribution in [1.82, 2.24) is 19.9 Å². The molecule has 2 aromatic heterocycles. The summed E-state index contributed by atoms with van der Waals surface area (Å²) in [6.07, 6.45) is 3.40. The van der Waals surface area contributed by atoms with Crippen molar-refractivity contribution in [3.05, 3.63) is 52.3 Å². The zero-order valence-corrected chi connectivity index (χ0v) is 12.6. The molecule has 2 N–H and O–H groups in total. The summed E-state index contributed by atoms with van der Waals surface area (Å²) < 4.78 is 20.8. The molecule has 6 nitrogen and oxygen atoms in total. The Kier molecular flexibility index (Phi) is 3.56. The summed E-state index contributed by atoms with van der Waals surface area (Å²) in [7, 11) is 1.79. The Balaban J connectivity index is 1.94. The molecule has 1 aromatic carbocycles. The van der Waals surface area contributed by atoms with Crippen molar-refractivity contribution in [2.24, 2.45) is 12.8 Å². The molecule has 0 aliphatic heterocycles. The van der Waals surface area contributed by atoms with Crippen LogP contribution in [-0.4, -0.2) is 19.9 Å². The zero-order chi connectivity index (χ0) is 15.0. The van der Waals surface area contributed by atoms with Crippen LogP contribution in [0.25, 0.3) is 11.4 Å². The Labute approximate surface area is 127 Å². The van der Waals surface area contributed by atoms with E-state index in [0.29, 0.717) is 10.0 Å². The van der Waals surface area contributed by atoms with E-state index >= 15 is 0 Å². The highest BCUT2D eigenvalue weighted by Gasteiger charge is 2.20. The van der Waals surface area contributed by atoms with Gasteiger partial charge in [-0.3, -0.25) is 4.68 Å². The van der Waals surface area contributed by atoms with Gasteiger partial charge >= 0.3 is 0 Å². The van der Waals surface area contributed by atoms with Crippen LogP contribution in [-0.2, 0) is 7.05 Å². The van der Waals surface area contributed by atoms with Crippen molar-refractivity contribution in [2.75, 3.05) is 0 Å². The lowest BCUT2D eigenvalue weighted by molar-refractivity contribution is 0.367. The van der Waals surface area contributed by atoms with Crippen molar-refractivity contribution in [3.8, 4) is 11.4 Å². The van der Waals surface area contributed by atoms with E-state index in [-0.39, 0.29) is 17.5 Å². The normalized spacial score (nSPS) is 12.6. The van der Waals surface area contributed by atoms with Crippen molar-refractivity contribution in [3.63, 3.8) is 0 Å². The van der Waals surface area contributed by atoms with Gasteiger partial charge in [0.15, 0.2) is 0 Å². The molecular formula is C13H11BrFN5O. The SMILES string of the molecule is Cn1cc(C(N)c2nc(-c3cc(F)ccc3Br)no2)cn1. The van der Waals surface area contributed by atoms with Crippen LogP contribution in [0.4, 0.5) is 4.39 Å². The van der Waals surface area contributed by atoms with Crippen molar-refractivity contribution in [1.29, 1.82) is 0 Å². The van der Waals surface area contributed by atoms with E-state index in [1.165, 1.54) is 12.1 Å². The molecule has 0 aliphatic rings. The molecule has 0 spiro atoms. The number of benzene rings is 1. The van der Waals surface area contributed by atoms with E-state index < -0.39 is 6.04 Å². The van der Waals surface area contributed by atoms with Crippen LogP contribution in [0.5, 0.6) is 0 Å². The molecule has 0 saturated carbocycles. The van der Waals surface area contributed by atoms with Gasteiger partial charge in [-0.1, -0.05) is 21.1 Å². The molecule has 0 amide bonds. The number of aromatic nitrogens is 4. The number of nitrogens with two attached hydrogens (primary N) is 1. The number of rotatable bonds is 3. The maximum atomic E-state index is 13.3. The summed E-state index contributed by atoms with van der Waals surface area (Å²) >= 11 is 3.33. The molecule has 0 bridgehead atoms. The third-order valence-electron chi connectivity index (χ3n) is 2.96. The summed E-state index contributed by atoms with van der Waals surface area (Å²) in [6, 6.07) is 3.68. The molecular weight excluding hydrogens is 341 g/mol. The van der Waals surface area contributed by atoms with Crippen LogP contribution in [0.2, 0.25) is 0 Å². The van der Waals surface area contributed by atoms with Crippen LogP contribution in [0.1, 0.15) is 17.5 Å². The van der Waals surface area contributed by atoms with Crippen molar-refractivity contribution < 1.29 is 8.91 Å². The Morgan fingerprint density at radius 2 is 2.24 bits per heavy atom. The molecule has 3 rings (SSSR count). The highest BCUT2D eigenvalue weighted by molar-refractivity contribution is 9.10. The average molecular weight is 352 g/mol. The standard InChI is InChI=1S/C13H11BrFN5O/c1-20-6-7(5-17-20)11(16)13-18-12(19-21-13)9-4-8(15)2-3-10(9)14/h2-6,11H,16H2,1H3. The second kappa shape index (κ2) is 5.38. The molecule has 2 heterocycles. The molecule has 8 heteroatoms. The van der Waals surface area contributed by atoms with Gasteiger partial charge < -0.3 is 10.3 Å². The quantitative estimate of drug-likeness (QED) is 0.783. The van der Waals surface area contributed by atoms with E-state index in [1.807, 2.05) is 0 Å². The monoisotopic (exact) mass is 351 g/mol. The average Bonchev–Trinajstić information content (AvgIpc) is 3.10. The minimum Gasteiger partial charge on any atom is -0.337 e. The third-order valence-corrected chi connectivity index (χ3v) is 3.65. The predicted molar refractivity (Wildman–Crippen MR) is 76.6 cm³/mol. The highest BCUT2D eigenvalue weighted by atomic mass is 79.9. The molecule has 3 aromatic rings. The topological polar surface area (TPSA) is 82.8 Å². The van der Waals surface area contributed by atoms with Crippen LogP contribution < -0.4 is 5.73 Å². The Hall–Kier alpha value is -2.06. The molecule has 21 heavy (non-hydrogen) atoms. The van der Waals surface area contributed by atoms with E-state index in [0.717, 1.165) is 5.56 Å². The predicted octanol–water partition coefficient (Wildman–Crippen LogP) is 2.42. The second-order valence-corrected chi connectivity index (χ2v) is 5.36. The smallest absolute Gasteiger partial charge is 0.248 e. The summed E-state index contributed by atoms with van der Waals surface area (Å²) in [4.78, 5) is 4.23. The first-order chi connectivity index (χ1) is 10.0. The van der Waals surface area contributed by atoms with Gasteiger partial charge in [-0.2, -0.15) is 10.1 Å². The fourth-order valence-corrected chi connectivity index (χ4v) is 2.31. The summed E-state index contributed by atoms with van der Waals surface area (Å²) in [6.45, 7) is 0. The molecule has 0 radical (unpaired) electrons. The molecule has 0 saturated heterocycles. The molecule has 1 unspecified atom stereocenters. The first-order valence-electron chi connectivity index (χ1n) is 6.08. The van der Waals surface area contributed by atoms with Gasteiger partial charge in [0.05, 0.1) is 6.20 Å². The zero-order valence-electron chi connectivity index (χ0n) is 11.0. The van der Waals surface area contributed by atoms with Crippen molar-refractivity contribution >= 4 is 15.9 Å². The minimum absolute atomic E-state index is 0.245. The van der Waals surface area contributed by atoms with Crippen LogP contribution in [0, 0.1) is 5.82 Å². The number of aryl methyl sites for hydroxylation is 1. The lowest BCUT2D eigenvalue weighted by Gasteiger charge is -2.02. The third kappa shape index (κ3) is 2.72. The van der Waals surface area contributed by atoms with Gasteiger partial charge in [0.2, 0.25) is 11.7 Å². The number of hydrogen-bond acceptors (Lipinski definition) is 5. The Morgan fingerprint density at radius 1 is 1.43 bits per heavy atom. The molecule has 1 atom stereocenters. The maximum Gasteiger partial charge on any atom is 0.248 e. The van der Waals surface area contributed by atoms with Crippen LogP contribution in [0.15, 0.2) is 39.6 Å². The summed E-state index contributed by atoms with van der Waals surface area (Å²) in [5, 5.41) is 7.90. The fraction of sp³-hybridized carbons (Fsp3) is 0.154. The first-order valence-corrected chi connectivity index (χ1v) is 6.87. The lowest BCUT2D eigenvalue weighted by Crippen LogP contribution is -2.11. The van der Waals surface area contributed by atoms with E-state index in [2.05, 4.69) is 31.2 Å². The number of nitrogens with zero attached hydrogens (tertiary/aromatic N) is 4. The van der Waals surface area contributed by atoms with Crippen molar-refractivity contribution in [2.45, 2.75) is 6.04 Å². The van der Waals surface area contributed by atoms with Gasteiger partial charge in [-0.25, -0.2) is 4.39 Å². The van der Waals surface area contributed by atoms with Crippen LogP contribution in [0.3, 0.4) is 0 Å². The van der Waals surface area contributed by atoms with E-state index in [9.17, 15) is 4.39 Å².